The van der Waals surface area contributed by atoms with Gasteiger partial charge in [-0.1, -0.05) is 0 Å². The van der Waals surface area contributed by atoms with E-state index < -0.39 is 0 Å². The molecular formula is C14H22N4O. The van der Waals surface area contributed by atoms with Crippen LogP contribution in [0.2, 0.25) is 0 Å². The van der Waals surface area contributed by atoms with Gasteiger partial charge in [0.1, 0.15) is 0 Å². The predicted octanol–water partition coefficient (Wildman–Crippen LogP) is 0.730. The number of hydrogen-bond donors (Lipinski definition) is 1. The maximum absolute atomic E-state index is 10.8. The van der Waals surface area contributed by atoms with Gasteiger partial charge >= 0.3 is 0 Å². The minimum Gasteiger partial charge on any atom is -0.369 e. The SMILES string of the molecule is CC(=O)NCCCN1CCN(c2ccncc2)CC1. The number of pyridine rings is 1. The van der Waals surface area contributed by atoms with Crippen LogP contribution in [-0.4, -0.2) is 55.1 Å². The summed E-state index contributed by atoms with van der Waals surface area (Å²) < 4.78 is 0. The van der Waals surface area contributed by atoms with E-state index >= 15 is 0 Å². The van der Waals surface area contributed by atoms with Crippen molar-refractivity contribution in [3.05, 3.63) is 24.5 Å². The van der Waals surface area contributed by atoms with Crippen molar-refractivity contribution in [3.63, 3.8) is 0 Å². The van der Waals surface area contributed by atoms with E-state index in [4.69, 9.17) is 0 Å². The lowest BCUT2D eigenvalue weighted by Crippen LogP contribution is -2.47. The molecule has 1 aliphatic rings. The molecule has 5 heteroatoms. The highest BCUT2D eigenvalue weighted by molar-refractivity contribution is 5.72. The summed E-state index contributed by atoms with van der Waals surface area (Å²) in [6.45, 7) is 7.69. The first-order chi connectivity index (χ1) is 9.25. The Kier molecular flexibility index (Phi) is 5.15. The largest absolute Gasteiger partial charge is 0.369 e. The third kappa shape index (κ3) is 4.52. The summed E-state index contributed by atoms with van der Waals surface area (Å²) in [5, 5.41) is 2.84. The Hall–Kier alpha value is -1.62. The van der Waals surface area contributed by atoms with Crippen molar-refractivity contribution < 1.29 is 4.79 Å². The lowest BCUT2D eigenvalue weighted by atomic mass is 10.2. The van der Waals surface area contributed by atoms with Crippen molar-refractivity contribution in [2.75, 3.05) is 44.2 Å². The Morgan fingerprint density at radius 1 is 1.26 bits per heavy atom. The Morgan fingerprint density at radius 3 is 2.58 bits per heavy atom. The summed E-state index contributed by atoms with van der Waals surface area (Å²) in [5.74, 6) is 0.0579. The Bertz CT molecular complexity index is 388. The van der Waals surface area contributed by atoms with Crippen LogP contribution in [0.1, 0.15) is 13.3 Å². The minimum absolute atomic E-state index is 0.0579. The van der Waals surface area contributed by atoms with Crippen LogP contribution >= 0.6 is 0 Å². The average molecular weight is 262 g/mol. The van der Waals surface area contributed by atoms with Crippen LogP contribution in [0.5, 0.6) is 0 Å². The summed E-state index contributed by atoms with van der Waals surface area (Å²) in [7, 11) is 0. The summed E-state index contributed by atoms with van der Waals surface area (Å²) in [6.07, 6.45) is 4.71. The molecule has 0 aromatic carbocycles. The van der Waals surface area contributed by atoms with Crippen LogP contribution in [-0.2, 0) is 4.79 Å². The molecule has 1 aromatic rings. The molecule has 0 saturated carbocycles. The molecular weight excluding hydrogens is 240 g/mol. The molecule has 2 heterocycles. The fraction of sp³-hybridized carbons (Fsp3) is 0.571. The maximum Gasteiger partial charge on any atom is 0.216 e. The van der Waals surface area contributed by atoms with Gasteiger partial charge in [-0.05, 0) is 25.1 Å². The van der Waals surface area contributed by atoms with E-state index in [-0.39, 0.29) is 5.91 Å². The molecule has 1 N–H and O–H groups in total. The summed E-state index contributed by atoms with van der Waals surface area (Å²) in [4.78, 5) is 19.7. The number of anilines is 1. The fourth-order valence-corrected chi connectivity index (χ4v) is 2.35. The van der Waals surface area contributed by atoms with E-state index in [9.17, 15) is 4.79 Å². The number of hydrogen-bond acceptors (Lipinski definition) is 4. The van der Waals surface area contributed by atoms with Gasteiger partial charge in [0.15, 0.2) is 0 Å². The molecule has 1 saturated heterocycles. The van der Waals surface area contributed by atoms with Gasteiger partial charge in [-0.2, -0.15) is 0 Å². The lowest BCUT2D eigenvalue weighted by Gasteiger charge is -2.36. The second kappa shape index (κ2) is 7.09. The normalized spacial score (nSPS) is 16.4. The van der Waals surface area contributed by atoms with Crippen molar-refractivity contribution in [2.45, 2.75) is 13.3 Å². The molecule has 0 bridgehead atoms. The molecule has 1 aromatic heterocycles. The quantitative estimate of drug-likeness (QED) is 0.795. The number of aromatic nitrogens is 1. The number of carbonyl (C=O) groups is 1. The smallest absolute Gasteiger partial charge is 0.216 e. The number of amides is 1. The zero-order valence-corrected chi connectivity index (χ0v) is 11.5. The Balaban J connectivity index is 1.67. The van der Waals surface area contributed by atoms with E-state index in [0.29, 0.717) is 0 Å². The highest BCUT2D eigenvalue weighted by atomic mass is 16.1. The number of nitrogens with one attached hydrogen (secondary N) is 1. The van der Waals surface area contributed by atoms with E-state index in [0.717, 1.165) is 45.7 Å². The molecule has 0 spiro atoms. The first kappa shape index (κ1) is 13.8. The highest BCUT2D eigenvalue weighted by Gasteiger charge is 2.16. The molecule has 1 amide bonds. The number of carbonyl (C=O) groups excluding carboxylic acids is 1. The van der Waals surface area contributed by atoms with Crippen molar-refractivity contribution in [1.29, 1.82) is 0 Å². The third-order valence-electron chi connectivity index (χ3n) is 3.43. The summed E-state index contributed by atoms with van der Waals surface area (Å²) in [6, 6.07) is 4.12. The number of rotatable bonds is 5. The van der Waals surface area contributed by atoms with Gasteiger partial charge in [-0.3, -0.25) is 14.7 Å². The monoisotopic (exact) mass is 262 g/mol. The molecule has 0 unspecified atom stereocenters. The molecule has 0 aliphatic carbocycles. The van der Waals surface area contributed by atoms with Crippen molar-refractivity contribution in [2.24, 2.45) is 0 Å². The van der Waals surface area contributed by atoms with Gasteiger partial charge < -0.3 is 10.2 Å². The van der Waals surface area contributed by atoms with E-state index in [1.54, 1.807) is 6.92 Å². The fourth-order valence-electron chi connectivity index (χ4n) is 2.35. The van der Waals surface area contributed by atoms with Crippen LogP contribution in [0, 0.1) is 0 Å². The number of nitrogens with zero attached hydrogens (tertiary/aromatic N) is 3. The molecule has 0 radical (unpaired) electrons. The average Bonchev–Trinajstić information content (AvgIpc) is 2.45. The first-order valence-corrected chi connectivity index (χ1v) is 6.87. The van der Waals surface area contributed by atoms with Crippen LogP contribution < -0.4 is 10.2 Å². The zero-order chi connectivity index (χ0) is 13.5. The molecule has 19 heavy (non-hydrogen) atoms. The third-order valence-corrected chi connectivity index (χ3v) is 3.43. The van der Waals surface area contributed by atoms with Crippen LogP contribution in [0.4, 0.5) is 5.69 Å². The molecule has 1 aliphatic heterocycles. The molecule has 5 nitrogen and oxygen atoms in total. The second-order valence-corrected chi connectivity index (χ2v) is 4.87. The molecule has 2 rings (SSSR count). The molecule has 0 atom stereocenters. The van der Waals surface area contributed by atoms with Crippen molar-refractivity contribution in [1.82, 2.24) is 15.2 Å². The van der Waals surface area contributed by atoms with Crippen LogP contribution in [0.15, 0.2) is 24.5 Å². The van der Waals surface area contributed by atoms with Crippen molar-refractivity contribution in [3.8, 4) is 0 Å². The predicted molar refractivity (Wildman–Crippen MR) is 76.2 cm³/mol. The van der Waals surface area contributed by atoms with Gasteiger partial charge in [-0.15, -0.1) is 0 Å². The summed E-state index contributed by atoms with van der Waals surface area (Å²) >= 11 is 0. The topological polar surface area (TPSA) is 48.5 Å². The van der Waals surface area contributed by atoms with Gasteiger partial charge in [0.05, 0.1) is 0 Å². The van der Waals surface area contributed by atoms with Crippen LogP contribution in [0.3, 0.4) is 0 Å². The standard InChI is InChI=1S/C14H22N4O/c1-13(19)16-5-2-8-17-9-11-18(12-10-17)14-3-6-15-7-4-14/h3-4,6-7H,2,5,8-12H2,1H3,(H,16,19). The Labute approximate surface area is 114 Å². The van der Waals surface area contributed by atoms with E-state index in [1.165, 1.54) is 5.69 Å². The van der Waals surface area contributed by atoms with Crippen molar-refractivity contribution >= 4 is 11.6 Å². The highest BCUT2D eigenvalue weighted by Crippen LogP contribution is 2.14. The maximum atomic E-state index is 10.8. The van der Waals surface area contributed by atoms with Gasteiger partial charge in [-0.25, -0.2) is 0 Å². The molecule has 1 fully saturated rings. The van der Waals surface area contributed by atoms with Gasteiger partial charge in [0, 0.05) is 57.7 Å². The number of piperazine rings is 1. The van der Waals surface area contributed by atoms with Crippen LogP contribution in [0.25, 0.3) is 0 Å². The first-order valence-electron chi connectivity index (χ1n) is 6.87. The minimum atomic E-state index is 0.0579. The van der Waals surface area contributed by atoms with E-state index in [2.05, 4.69) is 32.2 Å². The summed E-state index contributed by atoms with van der Waals surface area (Å²) in [5.41, 5.74) is 1.26. The van der Waals surface area contributed by atoms with Gasteiger partial charge in [0.25, 0.3) is 0 Å². The second-order valence-electron chi connectivity index (χ2n) is 4.87. The molecule has 104 valence electrons. The zero-order valence-electron chi connectivity index (χ0n) is 11.5. The van der Waals surface area contributed by atoms with E-state index in [1.807, 2.05) is 12.4 Å². The Morgan fingerprint density at radius 2 is 1.95 bits per heavy atom. The lowest BCUT2D eigenvalue weighted by molar-refractivity contribution is -0.118. The van der Waals surface area contributed by atoms with Gasteiger partial charge in [0.2, 0.25) is 5.91 Å².